The molecule has 1 aromatic carbocycles. The summed E-state index contributed by atoms with van der Waals surface area (Å²) in [4.78, 5) is 11.9. The standard InChI is InChI=1S/C16H21NO2/c18-15(16(19)11-5-2-6-12-16)17-13-7-10-14-8-3-1-4-9-14/h1,3-4,7-10,19H,2,5-6,11-13H2,(H,17,18)/b10-7+. The predicted molar refractivity (Wildman–Crippen MR) is 76.5 cm³/mol. The van der Waals surface area contributed by atoms with Crippen molar-refractivity contribution in [2.24, 2.45) is 0 Å². The number of aliphatic hydroxyl groups is 1. The molecule has 0 atom stereocenters. The molecular weight excluding hydrogens is 238 g/mol. The highest BCUT2D eigenvalue weighted by molar-refractivity contribution is 5.85. The smallest absolute Gasteiger partial charge is 0.252 e. The zero-order valence-corrected chi connectivity index (χ0v) is 11.1. The van der Waals surface area contributed by atoms with Gasteiger partial charge in [-0.1, -0.05) is 61.7 Å². The molecule has 1 aliphatic carbocycles. The van der Waals surface area contributed by atoms with Crippen LogP contribution < -0.4 is 5.32 Å². The molecule has 0 radical (unpaired) electrons. The average molecular weight is 259 g/mol. The van der Waals surface area contributed by atoms with Gasteiger partial charge >= 0.3 is 0 Å². The summed E-state index contributed by atoms with van der Waals surface area (Å²) in [6.07, 6.45) is 8.02. The maximum Gasteiger partial charge on any atom is 0.252 e. The lowest BCUT2D eigenvalue weighted by molar-refractivity contribution is -0.142. The van der Waals surface area contributed by atoms with E-state index in [1.807, 2.05) is 42.5 Å². The second-order valence-electron chi connectivity index (χ2n) is 5.12. The molecule has 0 aromatic heterocycles. The molecule has 0 spiro atoms. The molecule has 3 heteroatoms. The molecule has 1 fully saturated rings. The van der Waals surface area contributed by atoms with Crippen LogP contribution >= 0.6 is 0 Å². The van der Waals surface area contributed by atoms with E-state index in [2.05, 4.69) is 5.32 Å². The molecule has 0 unspecified atom stereocenters. The number of carbonyl (C=O) groups excluding carboxylic acids is 1. The first kappa shape index (κ1) is 13.8. The van der Waals surface area contributed by atoms with Gasteiger partial charge < -0.3 is 10.4 Å². The first-order chi connectivity index (χ1) is 9.21. The molecule has 3 nitrogen and oxygen atoms in total. The minimum atomic E-state index is -1.14. The summed E-state index contributed by atoms with van der Waals surface area (Å²) in [6.45, 7) is 0.454. The third-order valence-corrected chi connectivity index (χ3v) is 3.59. The average Bonchev–Trinajstić information content (AvgIpc) is 2.45. The first-order valence-electron chi connectivity index (χ1n) is 6.93. The second-order valence-corrected chi connectivity index (χ2v) is 5.12. The third kappa shape index (κ3) is 3.93. The summed E-state index contributed by atoms with van der Waals surface area (Å²) in [5, 5.41) is 13.0. The van der Waals surface area contributed by atoms with Crippen LogP contribution in [0.5, 0.6) is 0 Å². The molecule has 0 heterocycles. The van der Waals surface area contributed by atoms with Crippen LogP contribution in [0, 0.1) is 0 Å². The molecule has 0 aliphatic heterocycles. The maximum atomic E-state index is 11.9. The molecule has 102 valence electrons. The van der Waals surface area contributed by atoms with Gasteiger partial charge in [0, 0.05) is 6.54 Å². The Morgan fingerprint density at radius 1 is 1.21 bits per heavy atom. The fraction of sp³-hybridized carbons (Fsp3) is 0.438. The summed E-state index contributed by atoms with van der Waals surface area (Å²) in [6, 6.07) is 9.93. The van der Waals surface area contributed by atoms with Gasteiger partial charge in [0.05, 0.1) is 0 Å². The SMILES string of the molecule is O=C(NC/C=C/c1ccccc1)C1(O)CCCCC1. The van der Waals surface area contributed by atoms with E-state index in [1.165, 1.54) is 0 Å². The summed E-state index contributed by atoms with van der Waals surface area (Å²) in [7, 11) is 0. The molecule has 1 aromatic rings. The van der Waals surface area contributed by atoms with Crippen LogP contribution in [0.3, 0.4) is 0 Å². The Kier molecular flexibility index (Phi) is 4.74. The molecular formula is C16H21NO2. The minimum absolute atomic E-state index is 0.232. The van der Waals surface area contributed by atoms with E-state index >= 15 is 0 Å². The number of amides is 1. The van der Waals surface area contributed by atoms with Crippen LogP contribution in [0.4, 0.5) is 0 Å². The van der Waals surface area contributed by atoms with Gasteiger partial charge in [0.2, 0.25) is 0 Å². The van der Waals surface area contributed by atoms with E-state index in [1.54, 1.807) is 0 Å². The van der Waals surface area contributed by atoms with Crippen molar-refractivity contribution in [3.8, 4) is 0 Å². The lowest BCUT2D eigenvalue weighted by Gasteiger charge is -2.30. The number of benzene rings is 1. The molecule has 1 aliphatic rings. The summed E-state index contributed by atoms with van der Waals surface area (Å²) in [5.74, 6) is -0.232. The molecule has 19 heavy (non-hydrogen) atoms. The molecule has 1 amide bonds. The van der Waals surface area contributed by atoms with Gasteiger partial charge in [0.1, 0.15) is 5.60 Å². The number of hydrogen-bond acceptors (Lipinski definition) is 2. The largest absolute Gasteiger partial charge is 0.380 e. The van der Waals surface area contributed by atoms with Gasteiger partial charge in [0.15, 0.2) is 0 Å². The Morgan fingerprint density at radius 3 is 2.58 bits per heavy atom. The van der Waals surface area contributed by atoms with Crippen molar-refractivity contribution >= 4 is 12.0 Å². The van der Waals surface area contributed by atoms with E-state index < -0.39 is 5.60 Å². The first-order valence-corrected chi connectivity index (χ1v) is 6.93. The maximum absolute atomic E-state index is 11.9. The normalized spacial score (nSPS) is 18.4. The topological polar surface area (TPSA) is 49.3 Å². The Bertz CT molecular complexity index is 433. The van der Waals surface area contributed by atoms with Crippen LogP contribution in [-0.4, -0.2) is 23.2 Å². The van der Waals surface area contributed by atoms with E-state index in [9.17, 15) is 9.90 Å². The van der Waals surface area contributed by atoms with Gasteiger partial charge in [-0.25, -0.2) is 0 Å². The quantitative estimate of drug-likeness (QED) is 0.873. The lowest BCUT2D eigenvalue weighted by atomic mass is 9.84. The predicted octanol–water partition coefficient (Wildman–Crippen LogP) is 2.51. The molecule has 2 rings (SSSR count). The van der Waals surface area contributed by atoms with Gasteiger partial charge in [0.25, 0.3) is 5.91 Å². The van der Waals surface area contributed by atoms with Crippen molar-refractivity contribution in [3.05, 3.63) is 42.0 Å². The monoisotopic (exact) mass is 259 g/mol. The van der Waals surface area contributed by atoms with E-state index in [-0.39, 0.29) is 5.91 Å². The van der Waals surface area contributed by atoms with Crippen molar-refractivity contribution in [3.63, 3.8) is 0 Å². The van der Waals surface area contributed by atoms with Crippen LogP contribution in [-0.2, 0) is 4.79 Å². The van der Waals surface area contributed by atoms with Crippen molar-refractivity contribution in [1.29, 1.82) is 0 Å². The molecule has 1 saturated carbocycles. The highest BCUT2D eigenvalue weighted by Crippen LogP contribution is 2.27. The molecule has 0 bridgehead atoms. The summed E-state index contributed by atoms with van der Waals surface area (Å²) in [5.41, 5.74) is -0.0353. The van der Waals surface area contributed by atoms with Crippen molar-refractivity contribution < 1.29 is 9.90 Å². The minimum Gasteiger partial charge on any atom is -0.380 e. The van der Waals surface area contributed by atoms with Gasteiger partial charge in [-0.2, -0.15) is 0 Å². The summed E-state index contributed by atoms with van der Waals surface area (Å²) >= 11 is 0. The molecule has 2 N–H and O–H groups in total. The highest BCUT2D eigenvalue weighted by atomic mass is 16.3. The van der Waals surface area contributed by atoms with E-state index in [0.29, 0.717) is 19.4 Å². The zero-order chi connectivity index (χ0) is 13.6. The van der Waals surface area contributed by atoms with Gasteiger partial charge in [-0.15, -0.1) is 0 Å². The van der Waals surface area contributed by atoms with E-state index in [0.717, 1.165) is 24.8 Å². The van der Waals surface area contributed by atoms with Crippen molar-refractivity contribution in [2.45, 2.75) is 37.7 Å². The number of rotatable bonds is 4. The number of carbonyl (C=O) groups is 1. The van der Waals surface area contributed by atoms with Crippen LogP contribution in [0.1, 0.15) is 37.7 Å². The Balaban J connectivity index is 1.79. The third-order valence-electron chi connectivity index (χ3n) is 3.59. The summed E-state index contributed by atoms with van der Waals surface area (Å²) < 4.78 is 0. The highest BCUT2D eigenvalue weighted by Gasteiger charge is 2.36. The Morgan fingerprint density at radius 2 is 1.89 bits per heavy atom. The van der Waals surface area contributed by atoms with Crippen LogP contribution in [0.2, 0.25) is 0 Å². The Labute approximate surface area is 114 Å². The van der Waals surface area contributed by atoms with Gasteiger partial charge in [-0.3, -0.25) is 4.79 Å². The fourth-order valence-electron chi connectivity index (χ4n) is 2.44. The van der Waals surface area contributed by atoms with Crippen molar-refractivity contribution in [2.75, 3.05) is 6.54 Å². The zero-order valence-electron chi connectivity index (χ0n) is 11.1. The van der Waals surface area contributed by atoms with E-state index in [4.69, 9.17) is 0 Å². The van der Waals surface area contributed by atoms with Crippen LogP contribution in [0.15, 0.2) is 36.4 Å². The van der Waals surface area contributed by atoms with Gasteiger partial charge in [-0.05, 0) is 18.4 Å². The lowest BCUT2D eigenvalue weighted by Crippen LogP contribution is -2.48. The van der Waals surface area contributed by atoms with Crippen molar-refractivity contribution in [1.82, 2.24) is 5.32 Å². The van der Waals surface area contributed by atoms with Crippen LogP contribution in [0.25, 0.3) is 6.08 Å². The fourth-order valence-corrected chi connectivity index (χ4v) is 2.44. The molecule has 0 saturated heterocycles. The Hall–Kier alpha value is -1.61. The second kappa shape index (κ2) is 6.53. The number of hydrogen-bond donors (Lipinski definition) is 2. The number of nitrogens with one attached hydrogen (secondary N) is 1.